The fraction of sp³-hybridized carbons (Fsp3) is 0.636. The minimum atomic E-state index is -1.75. The molecule has 5 nitrogen and oxygen atoms in total. The molecule has 7 heteroatoms. The summed E-state index contributed by atoms with van der Waals surface area (Å²) in [4.78, 5) is 4.25. The summed E-state index contributed by atoms with van der Waals surface area (Å²) in [5.74, 6) is 6.59. The van der Waals surface area contributed by atoms with Gasteiger partial charge in [0.1, 0.15) is 10.8 Å². The van der Waals surface area contributed by atoms with Gasteiger partial charge in [-0.05, 0) is 56.8 Å². The molecule has 1 aliphatic heterocycles. The number of nitrogens with one attached hydrogen (secondary N) is 1. The van der Waals surface area contributed by atoms with Crippen LogP contribution in [0.25, 0.3) is 10.9 Å². The summed E-state index contributed by atoms with van der Waals surface area (Å²) < 4.78 is 8.40. The number of fused-ring (bicyclic) bond motifs is 1. The van der Waals surface area contributed by atoms with Crippen molar-refractivity contribution in [3.63, 3.8) is 0 Å². The molecule has 0 radical (unpaired) electrons. The maximum atomic E-state index is 6.37. The zero-order valence-electron chi connectivity index (χ0n) is 18.5. The van der Waals surface area contributed by atoms with Gasteiger partial charge in [-0.2, -0.15) is 5.10 Å². The maximum absolute atomic E-state index is 6.37. The number of rotatable bonds is 5. The zero-order valence-corrected chi connectivity index (χ0v) is 20.2. The molecule has 0 saturated carbocycles. The van der Waals surface area contributed by atoms with Gasteiger partial charge < -0.3 is 9.74 Å². The Labute approximate surface area is 180 Å². The third kappa shape index (κ3) is 5.21. The third-order valence-corrected chi connectivity index (χ3v) is 11.0. The number of hydrogen-bond acceptors (Lipinski definition) is 4. The van der Waals surface area contributed by atoms with E-state index in [9.17, 15) is 0 Å². The van der Waals surface area contributed by atoms with Crippen LogP contribution in [0.15, 0.2) is 12.3 Å². The van der Waals surface area contributed by atoms with E-state index in [1.165, 1.54) is 6.42 Å². The Balaban J connectivity index is 1.80. The van der Waals surface area contributed by atoms with Crippen molar-refractivity contribution in [3.05, 3.63) is 23.1 Å². The first-order valence-electron chi connectivity index (χ1n) is 10.5. The Hall–Kier alpha value is -1.39. The predicted molar refractivity (Wildman–Crippen MR) is 123 cm³/mol. The molecular weight excluding hydrogens is 400 g/mol. The van der Waals surface area contributed by atoms with Crippen LogP contribution >= 0.6 is 11.6 Å². The van der Waals surface area contributed by atoms with Crippen molar-refractivity contribution in [2.45, 2.75) is 77.2 Å². The fourth-order valence-corrected chi connectivity index (χ4v) is 4.44. The Morgan fingerprint density at radius 1 is 1.41 bits per heavy atom. The lowest BCUT2D eigenvalue weighted by Gasteiger charge is -2.36. The predicted octanol–water partition coefficient (Wildman–Crippen LogP) is 5.16. The molecule has 2 aromatic rings. The van der Waals surface area contributed by atoms with Gasteiger partial charge in [0.15, 0.2) is 8.32 Å². The average molecular weight is 433 g/mol. The molecule has 1 fully saturated rings. The van der Waals surface area contributed by atoms with Crippen LogP contribution in [-0.2, 0) is 4.43 Å². The highest BCUT2D eigenvalue weighted by molar-refractivity contribution is 6.74. The van der Waals surface area contributed by atoms with E-state index >= 15 is 0 Å². The molecule has 1 saturated heterocycles. The number of nitrogens with zero attached hydrogens (tertiary/aromatic N) is 3. The first-order chi connectivity index (χ1) is 13.6. The van der Waals surface area contributed by atoms with E-state index in [1.807, 2.05) is 10.7 Å². The highest BCUT2D eigenvalue weighted by Crippen LogP contribution is 2.37. The van der Waals surface area contributed by atoms with Gasteiger partial charge in [-0.3, -0.25) is 4.68 Å². The first kappa shape index (κ1) is 22.3. The number of pyridine rings is 1. The molecule has 3 heterocycles. The summed E-state index contributed by atoms with van der Waals surface area (Å²) in [7, 11) is -1.75. The zero-order chi connectivity index (χ0) is 21.2. The van der Waals surface area contributed by atoms with Gasteiger partial charge in [0.2, 0.25) is 0 Å². The van der Waals surface area contributed by atoms with E-state index in [-0.39, 0.29) is 17.1 Å². The second-order valence-corrected chi connectivity index (χ2v) is 14.7. The van der Waals surface area contributed by atoms with Crippen LogP contribution in [0, 0.1) is 11.8 Å². The maximum Gasteiger partial charge on any atom is 0.191 e. The van der Waals surface area contributed by atoms with Crippen LogP contribution in [0.2, 0.25) is 23.3 Å². The molecule has 0 aliphatic carbocycles. The summed E-state index contributed by atoms with van der Waals surface area (Å²) in [6.45, 7) is 15.3. The van der Waals surface area contributed by atoms with E-state index < -0.39 is 8.32 Å². The van der Waals surface area contributed by atoms with Crippen molar-refractivity contribution in [2.75, 3.05) is 13.2 Å². The largest absolute Gasteiger partial charge is 0.417 e. The van der Waals surface area contributed by atoms with Crippen LogP contribution in [0.3, 0.4) is 0 Å². The SMILES string of the molecule is C[C@@H](CCO[Si](C)(C)C(C)(C)C)n1nc(C#C[C@@H]2CCCN2)c2cnc(Cl)cc21. The second-order valence-electron chi connectivity index (χ2n) is 9.48. The summed E-state index contributed by atoms with van der Waals surface area (Å²) in [6, 6.07) is 2.32. The van der Waals surface area contributed by atoms with Crippen molar-refractivity contribution in [3.8, 4) is 11.8 Å². The lowest BCUT2D eigenvalue weighted by atomic mass is 10.2. The summed E-state index contributed by atoms with van der Waals surface area (Å²) in [5.41, 5.74) is 1.75. The lowest BCUT2D eigenvalue weighted by molar-refractivity contribution is 0.257. The van der Waals surface area contributed by atoms with Crippen LogP contribution in [-0.4, -0.2) is 42.3 Å². The molecule has 0 aromatic carbocycles. The van der Waals surface area contributed by atoms with Crippen molar-refractivity contribution in [1.29, 1.82) is 0 Å². The van der Waals surface area contributed by atoms with Gasteiger partial charge >= 0.3 is 0 Å². The summed E-state index contributed by atoms with van der Waals surface area (Å²) >= 11 is 6.18. The van der Waals surface area contributed by atoms with Gasteiger partial charge in [0, 0.05) is 18.9 Å². The lowest BCUT2D eigenvalue weighted by Crippen LogP contribution is -2.41. The first-order valence-corrected chi connectivity index (χ1v) is 13.8. The quantitative estimate of drug-likeness (QED) is 0.402. The molecule has 0 spiro atoms. The van der Waals surface area contributed by atoms with E-state index in [0.29, 0.717) is 5.15 Å². The Morgan fingerprint density at radius 2 is 2.17 bits per heavy atom. The number of halogens is 1. The molecule has 2 aromatic heterocycles. The third-order valence-electron chi connectivity index (χ3n) is 6.21. The monoisotopic (exact) mass is 432 g/mol. The van der Waals surface area contributed by atoms with E-state index in [2.05, 4.69) is 62.9 Å². The molecule has 0 bridgehead atoms. The van der Waals surface area contributed by atoms with Gasteiger partial charge in [-0.15, -0.1) is 0 Å². The number of aromatic nitrogens is 3. The molecule has 1 aliphatic rings. The van der Waals surface area contributed by atoms with Crippen molar-refractivity contribution in [1.82, 2.24) is 20.1 Å². The Bertz CT molecular complexity index is 917. The van der Waals surface area contributed by atoms with Gasteiger partial charge in [0.25, 0.3) is 0 Å². The smallest absolute Gasteiger partial charge is 0.191 e. The Kier molecular flexibility index (Phi) is 6.74. The normalized spacial score (nSPS) is 18.7. The van der Waals surface area contributed by atoms with E-state index in [1.54, 1.807) is 6.20 Å². The molecule has 3 rings (SSSR count). The highest BCUT2D eigenvalue weighted by Gasteiger charge is 2.37. The second kappa shape index (κ2) is 8.77. The average Bonchev–Trinajstić information content (AvgIpc) is 3.26. The molecular formula is C22H33ClN4OSi. The van der Waals surface area contributed by atoms with E-state index in [0.717, 1.165) is 42.6 Å². The standard InChI is InChI=1S/C22H33ClN4OSi/c1-16(11-13-28-29(5,6)22(2,3)4)27-20-14-21(23)25-15-18(20)19(26-27)10-9-17-8-7-12-24-17/h14-17,24H,7-8,11-13H2,1-6H3/t16-,17-/m0/s1. The van der Waals surface area contributed by atoms with Crippen LogP contribution in [0.4, 0.5) is 0 Å². The van der Waals surface area contributed by atoms with Crippen LogP contribution < -0.4 is 5.32 Å². The molecule has 1 N–H and O–H groups in total. The minimum absolute atomic E-state index is 0.181. The molecule has 0 amide bonds. The van der Waals surface area contributed by atoms with Crippen molar-refractivity contribution >= 4 is 30.8 Å². The van der Waals surface area contributed by atoms with Gasteiger partial charge in [-0.1, -0.05) is 38.3 Å². The van der Waals surface area contributed by atoms with Crippen molar-refractivity contribution < 1.29 is 4.43 Å². The molecule has 2 atom stereocenters. The fourth-order valence-electron chi connectivity index (χ4n) is 3.22. The van der Waals surface area contributed by atoms with Crippen LogP contribution in [0.5, 0.6) is 0 Å². The van der Waals surface area contributed by atoms with Crippen LogP contribution in [0.1, 0.15) is 58.7 Å². The summed E-state index contributed by atoms with van der Waals surface area (Å²) in [5, 5.41) is 9.88. The van der Waals surface area contributed by atoms with E-state index in [4.69, 9.17) is 21.1 Å². The highest BCUT2D eigenvalue weighted by atomic mass is 35.5. The number of hydrogen-bond donors (Lipinski definition) is 1. The van der Waals surface area contributed by atoms with Gasteiger partial charge in [-0.25, -0.2) is 4.98 Å². The molecule has 158 valence electrons. The molecule has 29 heavy (non-hydrogen) atoms. The topological polar surface area (TPSA) is 52.0 Å². The Morgan fingerprint density at radius 3 is 2.83 bits per heavy atom. The molecule has 0 unspecified atom stereocenters. The van der Waals surface area contributed by atoms with Crippen molar-refractivity contribution in [2.24, 2.45) is 0 Å². The minimum Gasteiger partial charge on any atom is -0.417 e. The summed E-state index contributed by atoms with van der Waals surface area (Å²) in [6.07, 6.45) is 4.94. The van der Waals surface area contributed by atoms with Gasteiger partial charge in [0.05, 0.1) is 23.0 Å².